The minimum atomic E-state index is -0.977. The summed E-state index contributed by atoms with van der Waals surface area (Å²) >= 11 is 0. The predicted octanol–water partition coefficient (Wildman–Crippen LogP) is 2.41. The SMILES string of the molecule is CCn1cc(C)c(C(=O)O)c1CC(=O)N1CCN(c2cccc(OC)c2)CC1. The maximum atomic E-state index is 12.8. The largest absolute Gasteiger partial charge is 0.497 e. The van der Waals surface area contributed by atoms with Crippen LogP contribution < -0.4 is 9.64 Å². The Morgan fingerprint density at radius 2 is 1.89 bits per heavy atom. The molecule has 1 aliphatic rings. The molecule has 0 aliphatic carbocycles. The van der Waals surface area contributed by atoms with E-state index in [9.17, 15) is 14.7 Å². The summed E-state index contributed by atoms with van der Waals surface area (Å²) in [5.74, 6) is -0.191. The van der Waals surface area contributed by atoms with Gasteiger partial charge in [0.25, 0.3) is 0 Å². The number of nitrogens with zero attached hydrogens (tertiary/aromatic N) is 3. The van der Waals surface area contributed by atoms with Crippen molar-refractivity contribution < 1.29 is 19.4 Å². The molecule has 150 valence electrons. The lowest BCUT2D eigenvalue weighted by atomic mass is 10.1. The number of methoxy groups -OCH3 is 1. The fourth-order valence-corrected chi connectivity index (χ4v) is 3.79. The number of benzene rings is 1. The van der Waals surface area contributed by atoms with Crippen LogP contribution in [0.3, 0.4) is 0 Å². The first-order valence-corrected chi connectivity index (χ1v) is 9.53. The van der Waals surface area contributed by atoms with E-state index in [1.54, 1.807) is 14.0 Å². The number of carboxylic acid groups (broad SMARTS) is 1. The quantitative estimate of drug-likeness (QED) is 0.827. The van der Waals surface area contributed by atoms with E-state index in [-0.39, 0.29) is 17.9 Å². The van der Waals surface area contributed by atoms with Gasteiger partial charge < -0.3 is 24.2 Å². The third-order valence-electron chi connectivity index (χ3n) is 5.30. The Kier molecular flexibility index (Phi) is 5.92. The molecule has 7 heteroatoms. The van der Waals surface area contributed by atoms with E-state index in [1.165, 1.54) is 0 Å². The summed E-state index contributed by atoms with van der Waals surface area (Å²) in [7, 11) is 1.65. The van der Waals surface area contributed by atoms with E-state index >= 15 is 0 Å². The van der Waals surface area contributed by atoms with Crippen LogP contribution in [0.4, 0.5) is 5.69 Å². The van der Waals surface area contributed by atoms with E-state index in [2.05, 4.69) is 4.90 Å². The molecule has 1 aliphatic heterocycles. The summed E-state index contributed by atoms with van der Waals surface area (Å²) in [6.07, 6.45) is 1.93. The van der Waals surface area contributed by atoms with Crippen LogP contribution in [-0.2, 0) is 17.8 Å². The van der Waals surface area contributed by atoms with Crippen LogP contribution in [0.5, 0.6) is 5.75 Å². The highest BCUT2D eigenvalue weighted by Crippen LogP contribution is 2.23. The number of hydrogen-bond acceptors (Lipinski definition) is 4. The van der Waals surface area contributed by atoms with Crippen molar-refractivity contribution in [2.45, 2.75) is 26.8 Å². The van der Waals surface area contributed by atoms with Gasteiger partial charge in [-0.25, -0.2) is 4.79 Å². The number of aromatic nitrogens is 1. The predicted molar refractivity (Wildman–Crippen MR) is 107 cm³/mol. The molecular formula is C21H27N3O4. The normalized spacial score (nSPS) is 14.2. The minimum Gasteiger partial charge on any atom is -0.497 e. The van der Waals surface area contributed by atoms with Gasteiger partial charge in [0.2, 0.25) is 5.91 Å². The molecule has 2 heterocycles. The molecule has 1 N–H and O–H groups in total. The summed E-state index contributed by atoms with van der Waals surface area (Å²) in [5.41, 5.74) is 2.62. The maximum Gasteiger partial charge on any atom is 0.337 e. The Bertz CT molecular complexity index is 867. The molecule has 2 aromatic rings. The topological polar surface area (TPSA) is 75.0 Å². The molecule has 0 radical (unpaired) electrons. The number of aromatic carboxylic acids is 1. The molecule has 0 unspecified atom stereocenters. The van der Waals surface area contributed by atoms with E-state index in [1.807, 2.05) is 46.9 Å². The molecule has 1 saturated heterocycles. The fourth-order valence-electron chi connectivity index (χ4n) is 3.79. The van der Waals surface area contributed by atoms with Crippen LogP contribution in [0.15, 0.2) is 30.5 Å². The van der Waals surface area contributed by atoms with E-state index in [4.69, 9.17) is 4.74 Å². The summed E-state index contributed by atoms with van der Waals surface area (Å²) in [6, 6.07) is 7.90. The Morgan fingerprint density at radius 1 is 1.18 bits per heavy atom. The lowest BCUT2D eigenvalue weighted by Gasteiger charge is -2.36. The second kappa shape index (κ2) is 8.37. The van der Waals surface area contributed by atoms with Crippen molar-refractivity contribution in [3.05, 3.63) is 47.3 Å². The highest BCUT2D eigenvalue weighted by atomic mass is 16.5. The Balaban J connectivity index is 1.67. The number of hydrogen-bond donors (Lipinski definition) is 1. The minimum absolute atomic E-state index is 0.0272. The van der Waals surface area contributed by atoms with Crippen LogP contribution in [0, 0.1) is 6.92 Å². The molecule has 1 amide bonds. The number of aryl methyl sites for hydroxylation is 2. The van der Waals surface area contributed by atoms with Crippen molar-refractivity contribution in [1.29, 1.82) is 0 Å². The molecule has 0 bridgehead atoms. The molecule has 0 saturated carbocycles. The van der Waals surface area contributed by atoms with Crippen molar-refractivity contribution in [2.24, 2.45) is 0 Å². The molecule has 0 spiro atoms. The van der Waals surface area contributed by atoms with Crippen molar-refractivity contribution in [2.75, 3.05) is 38.2 Å². The zero-order chi connectivity index (χ0) is 20.3. The van der Waals surface area contributed by atoms with Gasteiger partial charge in [-0.05, 0) is 31.5 Å². The smallest absolute Gasteiger partial charge is 0.337 e. The Morgan fingerprint density at radius 3 is 2.50 bits per heavy atom. The standard InChI is InChI=1S/C21H27N3O4/c1-4-22-14-15(2)20(21(26)27)18(22)13-19(25)24-10-8-23(9-11-24)16-6-5-7-17(12-16)28-3/h5-7,12,14H,4,8-11,13H2,1-3H3,(H,26,27). The first kappa shape index (κ1) is 19.8. The molecule has 28 heavy (non-hydrogen) atoms. The van der Waals surface area contributed by atoms with E-state index in [0.717, 1.165) is 24.5 Å². The van der Waals surface area contributed by atoms with Gasteiger partial charge in [-0.2, -0.15) is 0 Å². The second-order valence-electron chi connectivity index (χ2n) is 6.97. The van der Waals surface area contributed by atoms with Gasteiger partial charge in [0.1, 0.15) is 5.75 Å². The van der Waals surface area contributed by atoms with E-state index < -0.39 is 5.97 Å². The summed E-state index contributed by atoms with van der Waals surface area (Å²) in [6.45, 7) is 7.06. The van der Waals surface area contributed by atoms with Gasteiger partial charge in [0.15, 0.2) is 0 Å². The van der Waals surface area contributed by atoms with Crippen molar-refractivity contribution >= 4 is 17.6 Å². The van der Waals surface area contributed by atoms with Gasteiger partial charge in [-0.3, -0.25) is 4.79 Å². The van der Waals surface area contributed by atoms with Gasteiger partial charge >= 0.3 is 5.97 Å². The van der Waals surface area contributed by atoms with Crippen LogP contribution in [0.1, 0.15) is 28.5 Å². The third-order valence-corrected chi connectivity index (χ3v) is 5.30. The Labute approximate surface area is 165 Å². The molecule has 3 rings (SSSR count). The number of anilines is 1. The van der Waals surface area contributed by atoms with E-state index in [0.29, 0.717) is 30.9 Å². The van der Waals surface area contributed by atoms with Crippen molar-refractivity contribution in [3.63, 3.8) is 0 Å². The molecule has 7 nitrogen and oxygen atoms in total. The van der Waals surface area contributed by atoms with Crippen LogP contribution in [-0.4, -0.2) is 59.7 Å². The molecular weight excluding hydrogens is 358 g/mol. The zero-order valence-electron chi connectivity index (χ0n) is 16.6. The van der Waals surface area contributed by atoms with Crippen molar-refractivity contribution in [1.82, 2.24) is 9.47 Å². The monoisotopic (exact) mass is 385 g/mol. The molecule has 1 aromatic heterocycles. The van der Waals surface area contributed by atoms with Crippen LogP contribution >= 0.6 is 0 Å². The van der Waals surface area contributed by atoms with Crippen LogP contribution in [0.25, 0.3) is 0 Å². The van der Waals surface area contributed by atoms with Gasteiger partial charge in [-0.15, -0.1) is 0 Å². The fraction of sp³-hybridized carbons (Fsp3) is 0.429. The lowest BCUT2D eigenvalue weighted by Crippen LogP contribution is -2.49. The number of carboxylic acids is 1. The average molecular weight is 385 g/mol. The first-order chi connectivity index (χ1) is 13.4. The molecule has 1 fully saturated rings. The molecule has 1 aromatic carbocycles. The van der Waals surface area contributed by atoms with Gasteiger partial charge in [0, 0.05) is 56.4 Å². The van der Waals surface area contributed by atoms with Gasteiger partial charge in [0.05, 0.1) is 19.1 Å². The number of amides is 1. The number of rotatable bonds is 6. The lowest BCUT2D eigenvalue weighted by molar-refractivity contribution is -0.130. The Hall–Kier alpha value is -2.96. The number of carbonyl (C=O) groups excluding carboxylic acids is 1. The second-order valence-corrected chi connectivity index (χ2v) is 6.97. The summed E-state index contributed by atoms with van der Waals surface area (Å²) < 4.78 is 7.15. The van der Waals surface area contributed by atoms with Crippen molar-refractivity contribution in [3.8, 4) is 5.75 Å². The average Bonchev–Trinajstić information content (AvgIpc) is 3.03. The zero-order valence-corrected chi connectivity index (χ0v) is 16.6. The third kappa shape index (κ3) is 3.98. The van der Waals surface area contributed by atoms with Gasteiger partial charge in [-0.1, -0.05) is 6.07 Å². The summed E-state index contributed by atoms with van der Waals surface area (Å²) in [4.78, 5) is 28.5. The maximum absolute atomic E-state index is 12.8. The van der Waals surface area contributed by atoms with Crippen LogP contribution in [0.2, 0.25) is 0 Å². The highest BCUT2D eigenvalue weighted by Gasteiger charge is 2.26. The number of piperazine rings is 1. The number of carbonyl (C=O) groups is 2. The summed E-state index contributed by atoms with van der Waals surface area (Å²) in [5, 5.41) is 9.53. The highest BCUT2D eigenvalue weighted by molar-refractivity contribution is 5.93. The first-order valence-electron chi connectivity index (χ1n) is 9.53. The molecule has 0 atom stereocenters. The number of ether oxygens (including phenoxy) is 1.